The molecule has 0 aliphatic carbocycles. The van der Waals surface area contributed by atoms with Crippen LogP contribution in [0.3, 0.4) is 0 Å². The number of nitrogens with zero attached hydrogens (tertiary/aromatic N) is 2. The Balaban J connectivity index is 1.35. The van der Waals surface area contributed by atoms with Crippen LogP contribution in [-0.2, 0) is 27.6 Å². The molecule has 1 heterocycles. The lowest BCUT2D eigenvalue weighted by atomic mass is 10.1. The summed E-state index contributed by atoms with van der Waals surface area (Å²) in [4.78, 5) is 16.8. The summed E-state index contributed by atoms with van der Waals surface area (Å²) in [6.45, 7) is 3.98. The normalized spacial score (nSPS) is 11.3. The fourth-order valence-electron chi connectivity index (χ4n) is 3.64. The van der Waals surface area contributed by atoms with Crippen LogP contribution < -0.4 is 4.72 Å². The van der Waals surface area contributed by atoms with Crippen molar-refractivity contribution in [3.05, 3.63) is 102 Å². The van der Waals surface area contributed by atoms with Gasteiger partial charge in [-0.3, -0.25) is 0 Å². The molecule has 0 aliphatic rings. The van der Waals surface area contributed by atoms with Crippen LogP contribution in [0.4, 0.5) is 4.79 Å². The summed E-state index contributed by atoms with van der Waals surface area (Å²) in [5, 5.41) is 0. The maximum atomic E-state index is 12.3. The Hall–Kier alpha value is -3.91. The SMILES string of the molecule is CCc1nc(-c2ccccc2)cn1-c1ccc(CCOC(=O)NS(=O)(=O)c2ccc(C)cc2)cc1. The zero-order valence-electron chi connectivity index (χ0n) is 19.6. The van der Waals surface area contributed by atoms with E-state index >= 15 is 0 Å². The van der Waals surface area contributed by atoms with Crippen LogP contribution in [0.15, 0.2) is 90.0 Å². The van der Waals surface area contributed by atoms with Crippen molar-refractivity contribution in [2.75, 3.05) is 6.61 Å². The Morgan fingerprint density at radius 3 is 2.31 bits per heavy atom. The van der Waals surface area contributed by atoms with Gasteiger partial charge in [0.2, 0.25) is 0 Å². The molecule has 7 nitrogen and oxygen atoms in total. The molecule has 0 aliphatic heterocycles. The number of nitrogens with one attached hydrogen (secondary N) is 1. The maximum absolute atomic E-state index is 12.3. The molecule has 35 heavy (non-hydrogen) atoms. The first kappa shape index (κ1) is 24.2. The molecule has 4 rings (SSSR count). The van der Waals surface area contributed by atoms with Crippen LogP contribution in [0, 0.1) is 6.92 Å². The molecular formula is C27H27N3O4S. The summed E-state index contributed by atoms with van der Waals surface area (Å²) in [7, 11) is -3.97. The van der Waals surface area contributed by atoms with E-state index < -0.39 is 16.1 Å². The van der Waals surface area contributed by atoms with Gasteiger partial charge in [-0.2, -0.15) is 0 Å². The van der Waals surface area contributed by atoms with E-state index in [0.29, 0.717) is 6.42 Å². The van der Waals surface area contributed by atoms with E-state index in [0.717, 1.165) is 40.3 Å². The molecule has 8 heteroatoms. The third kappa shape index (κ3) is 5.96. The number of aryl methyl sites for hydroxylation is 2. The van der Waals surface area contributed by atoms with Gasteiger partial charge in [0.1, 0.15) is 5.82 Å². The smallest absolute Gasteiger partial charge is 0.421 e. The van der Waals surface area contributed by atoms with Crippen molar-refractivity contribution in [2.45, 2.75) is 31.6 Å². The summed E-state index contributed by atoms with van der Waals surface area (Å²) in [5.74, 6) is 0.964. The highest BCUT2D eigenvalue weighted by Crippen LogP contribution is 2.22. The fraction of sp³-hybridized carbons (Fsp3) is 0.185. The van der Waals surface area contributed by atoms with Crippen molar-refractivity contribution < 1.29 is 17.9 Å². The van der Waals surface area contributed by atoms with Gasteiger partial charge in [-0.25, -0.2) is 22.9 Å². The van der Waals surface area contributed by atoms with E-state index in [1.807, 2.05) is 72.4 Å². The van der Waals surface area contributed by atoms with E-state index in [2.05, 4.69) is 11.5 Å². The molecule has 0 bridgehead atoms. The number of hydrogen-bond acceptors (Lipinski definition) is 5. The van der Waals surface area contributed by atoms with Crippen molar-refractivity contribution in [1.82, 2.24) is 14.3 Å². The van der Waals surface area contributed by atoms with E-state index in [1.54, 1.807) is 12.1 Å². The average Bonchev–Trinajstić information content (AvgIpc) is 3.30. The molecule has 0 atom stereocenters. The van der Waals surface area contributed by atoms with Gasteiger partial charge in [-0.05, 0) is 36.8 Å². The minimum absolute atomic E-state index is 0.0111. The Labute approximate surface area is 205 Å². The number of carbonyl (C=O) groups is 1. The lowest BCUT2D eigenvalue weighted by molar-refractivity contribution is 0.154. The first-order valence-corrected chi connectivity index (χ1v) is 12.8. The summed E-state index contributed by atoms with van der Waals surface area (Å²) in [6.07, 6.45) is 2.29. The molecular weight excluding hydrogens is 462 g/mol. The second-order valence-corrected chi connectivity index (χ2v) is 9.79. The van der Waals surface area contributed by atoms with E-state index in [-0.39, 0.29) is 11.5 Å². The molecule has 4 aromatic rings. The zero-order valence-corrected chi connectivity index (χ0v) is 20.5. The topological polar surface area (TPSA) is 90.3 Å². The fourth-order valence-corrected chi connectivity index (χ4v) is 4.53. The van der Waals surface area contributed by atoms with E-state index in [9.17, 15) is 13.2 Å². The maximum Gasteiger partial charge on any atom is 0.421 e. The summed E-state index contributed by atoms with van der Waals surface area (Å²) < 4.78 is 33.7. The number of hydrogen-bond donors (Lipinski definition) is 1. The van der Waals surface area contributed by atoms with Crippen LogP contribution in [-0.4, -0.2) is 30.7 Å². The zero-order chi connectivity index (χ0) is 24.8. The van der Waals surface area contributed by atoms with Crippen molar-refractivity contribution in [3.63, 3.8) is 0 Å². The van der Waals surface area contributed by atoms with Crippen LogP contribution in [0.2, 0.25) is 0 Å². The van der Waals surface area contributed by atoms with Gasteiger partial charge in [0.25, 0.3) is 10.0 Å². The number of sulfonamides is 1. The number of aromatic nitrogens is 2. The predicted molar refractivity (Wildman–Crippen MR) is 135 cm³/mol. The number of benzene rings is 3. The van der Waals surface area contributed by atoms with Gasteiger partial charge in [0, 0.05) is 30.3 Å². The Bertz CT molecular complexity index is 1400. The third-order valence-corrected chi connectivity index (χ3v) is 6.88. The molecule has 1 N–H and O–H groups in total. The Morgan fingerprint density at radius 1 is 0.971 bits per heavy atom. The first-order chi connectivity index (χ1) is 16.9. The van der Waals surface area contributed by atoms with Gasteiger partial charge in [-0.1, -0.05) is 67.1 Å². The van der Waals surface area contributed by atoms with Crippen LogP contribution in [0.5, 0.6) is 0 Å². The minimum Gasteiger partial charge on any atom is -0.448 e. The largest absolute Gasteiger partial charge is 0.448 e. The average molecular weight is 490 g/mol. The summed E-state index contributed by atoms with van der Waals surface area (Å²) in [5.41, 5.74) is 4.87. The standard InChI is InChI=1S/C27H27N3O4S/c1-3-26-28-25(22-7-5-4-6-8-22)19-30(26)23-13-11-21(12-14-23)17-18-34-27(31)29-35(32,33)24-15-9-20(2)10-16-24/h4-16,19H,3,17-18H2,1-2H3,(H,29,31). The Kier molecular flexibility index (Phi) is 7.31. The van der Waals surface area contributed by atoms with Gasteiger partial charge in [-0.15, -0.1) is 0 Å². The van der Waals surface area contributed by atoms with Crippen molar-refractivity contribution in [1.29, 1.82) is 0 Å². The van der Waals surface area contributed by atoms with Gasteiger partial charge >= 0.3 is 6.09 Å². The van der Waals surface area contributed by atoms with E-state index in [1.165, 1.54) is 12.1 Å². The second kappa shape index (κ2) is 10.6. The van der Waals surface area contributed by atoms with Gasteiger partial charge in [0.15, 0.2) is 0 Å². The third-order valence-electron chi connectivity index (χ3n) is 5.55. The highest BCUT2D eigenvalue weighted by atomic mass is 32.2. The molecule has 1 amide bonds. The van der Waals surface area contributed by atoms with Crippen molar-refractivity contribution >= 4 is 16.1 Å². The van der Waals surface area contributed by atoms with Crippen molar-refractivity contribution in [3.8, 4) is 16.9 Å². The van der Waals surface area contributed by atoms with E-state index in [4.69, 9.17) is 9.72 Å². The van der Waals surface area contributed by atoms with Crippen molar-refractivity contribution in [2.24, 2.45) is 0 Å². The highest BCUT2D eigenvalue weighted by Gasteiger charge is 2.18. The molecule has 0 spiro atoms. The molecule has 0 saturated heterocycles. The summed E-state index contributed by atoms with van der Waals surface area (Å²) in [6, 6.07) is 24.2. The molecule has 0 radical (unpaired) electrons. The summed E-state index contributed by atoms with van der Waals surface area (Å²) >= 11 is 0. The quantitative estimate of drug-likeness (QED) is 0.373. The molecule has 180 valence electrons. The number of carbonyl (C=O) groups excluding carboxylic acids is 1. The molecule has 0 saturated carbocycles. The molecule has 3 aromatic carbocycles. The monoisotopic (exact) mass is 489 g/mol. The first-order valence-electron chi connectivity index (χ1n) is 11.3. The minimum atomic E-state index is -3.97. The predicted octanol–water partition coefficient (Wildman–Crippen LogP) is 5.07. The number of ether oxygens (including phenoxy) is 1. The molecule has 0 fully saturated rings. The molecule has 0 unspecified atom stereocenters. The van der Waals surface area contributed by atoms with Crippen LogP contribution >= 0.6 is 0 Å². The Morgan fingerprint density at radius 2 is 1.66 bits per heavy atom. The number of imidazole rings is 1. The molecule has 1 aromatic heterocycles. The van der Waals surface area contributed by atoms with Crippen LogP contribution in [0.25, 0.3) is 16.9 Å². The number of amides is 1. The lowest BCUT2D eigenvalue weighted by Gasteiger charge is -2.09. The number of rotatable bonds is 8. The van der Waals surface area contributed by atoms with Crippen LogP contribution in [0.1, 0.15) is 23.9 Å². The lowest BCUT2D eigenvalue weighted by Crippen LogP contribution is -2.31. The van der Waals surface area contributed by atoms with Gasteiger partial charge < -0.3 is 9.30 Å². The van der Waals surface area contributed by atoms with Gasteiger partial charge in [0.05, 0.1) is 17.2 Å². The highest BCUT2D eigenvalue weighted by molar-refractivity contribution is 7.90. The second-order valence-electron chi connectivity index (χ2n) is 8.10.